The molecule has 0 radical (unpaired) electrons. The number of carbonyl (C=O) groups is 2. The Kier molecular flexibility index (Phi) is 10.7. The van der Waals surface area contributed by atoms with Gasteiger partial charge in [-0.2, -0.15) is 0 Å². The van der Waals surface area contributed by atoms with Crippen LogP contribution in [0, 0.1) is 24.0 Å². The van der Waals surface area contributed by atoms with E-state index < -0.39 is 22.9 Å². The van der Waals surface area contributed by atoms with Gasteiger partial charge < -0.3 is 10.6 Å². The molecule has 2 heterocycles. The topological polar surface area (TPSA) is 153 Å². The monoisotopic (exact) mass is 651 g/mol. The van der Waals surface area contributed by atoms with Crippen molar-refractivity contribution < 1.29 is 14.5 Å². The van der Waals surface area contributed by atoms with Gasteiger partial charge >= 0.3 is 0 Å². The molecule has 0 saturated carbocycles. The van der Waals surface area contributed by atoms with Crippen LogP contribution in [0.2, 0.25) is 0 Å². The van der Waals surface area contributed by atoms with Gasteiger partial charge in [0, 0.05) is 40.2 Å². The number of nitrogens with zero attached hydrogens (tertiary/aromatic N) is 5. The number of nitro benzene ring substituents is 1. The molecule has 0 unspecified atom stereocenters. The fourth-order valence-electron chi connectivity index (χ4n) is 4.41. The van der Waals surface area contributed by atoms with Crippen molar-refractivity contribution in [1.82, 2.24) is 30.6 Å². The number of nitrogens with one attached hydrogen (secondary N) is 2. The summed E-state index contributed by atoms with van der Waals surface area (Å²) in [7, 11) is 0. The predicted octanol–water partition coefficient (Wildman–Crippen LogP) is 5.94. The van der Waals surface area contributed by atoms with Crippen molar-refractivity contribution in [2.75, 3.05) is 11.5 Å². The summed E-state index contributed by atoms with van der Waals surface area (Å²) in [5, 5.41) is 17.9. The van der Waals surface area contributed by atoms with Crippen LogP contribution >= 0.6 is 23.5 Å². The van der Waals surface area contributed by atoms with Crippen molar-refractivity contribution in [1.29, 1.82) is 0 Å². The summed E-state index contributed by atoms with van der Waals surface area (Å²) in [6.07, 6.45) is -1.03. The van der Waals surface area contributed by atoms with Gasteiger partial charge in [-0.1, -0.05) is 96.3 Å². The highest BCUT2D eigenvalue weighted by molar-refractivity contribution is 8.00. The molecule has 13 heteroatoms. The first kappa shape index (κ1) is 32.3. The molecule has 5 aromatic rings. The summed E-state index contributed by atoms with van der Waals surface area (Å²) in [5.41, 5.74) is 5.03. The van der Waals surface area contributed by atoms with Gasteiger partial charge in [-0.25, -0.2) is 19.9 Å². The number of hydrogen-bond acceptors (Lipinski definition) is 10. The maximum atomic E-state index is 13.1. The maximum absolute atomic E-state index is 13.1. The zero-order valence-corrected chi connectivity index (χ0v) is 26.5. The van der Waals surface area contributed by atoms with Crippen molar-refractivity contribution in [2.45, 2.75) is 30.3 Å². The van der Waals surface area contributed by atoms with E-state index in [4.69, 9.17) is 0 Å². The van der Waals surface area contributed by atoms with E-state index in [-0.39, 0.29) is 17.2 Å². The van der Waals surface area contributed by atoms with Crippen molar-refractivity contribution in [3.8, 4) is 22.5 Å². The third-order valence-corrected chi connectivity index (χ3v) is 8.19. The van der Waals surface area contributed by atoms with Crippen LogP contribution in [-0.4, -0.2) is 48.2 Å². The molecule has 232 valence electrons. The molecule has 0 aliphatic rings. The van der Waals surface area contributed by atoms with Crippen LogP contribution in [0.3, 0.4) is 0 Å². The number of non-ortho nitro benzene ring substituents is 1. The molecule has 0 spiro atoms. The number of aryl methyl sites for hydroxylation is 2. The first-order valence-corrected chi connectivity index (χ1v) is 16.1. The Labute approximate surface area is 273 Å². The molecule has 0 saturated heterocycles. The molecule has 0 bridgehead atoms. The number of amides is 2. The van der Waals surface area contributed by atoms with Crippen LogP contribution in [0.5, 0.6) is 0 Å². The summed E-state index contributed by atoms with van der Waals surface area (Å²) in [6.45, 7) is 3.71. The number of aromatic nitrogens is 4. The largest absolute Gasteiger partial charge is 0.331 e. The third kappa shape index (κ3) is 8.96. The fraction of sp³-hybridized carbons (Fsp3) is 0.152. The van der Waals surface area contributed by atoms with Gasteiger partial charge in [-0.05, 0) is 26.0 Å². The zero-order valence-electron chi connectivity index (χ0n) is 24.9. The minimum atomic E-state index is -1.03. The van der Waals surface area contributed by atoms with E-state index in [2.05, 4.69) is 30.6 Å². The highest BCUT2D eigenvalue weighted by Gasteiger charge is 2.21. The van der Waals surface area contributed by atoms with Gasteiger partial charge in [0.15, 0.2) is 10.3 Å². The number of rotatable bonds is 12. The fourth-order valence-corrected chi connectivity index (χ4v) is 5.84. The highest BCUT2D eigenvalue weighted by atomic mass is 32.2. The van der Waals surface area contributed by atoms with Gasteiger partial charge in [0.25, 0.3) is 5.69 Å². The van der Waals surface area contributed by atoms with E-state index in [0.717, 1.165) is 57.4 Å². The van der Waals surface area contributed by atoms with E-state index in [1.165, 1.54) is 18.2 Å². The average Bonchev–Trinajstić information content (AvgIpc) is 3.06. The average molecular weight is 652 g/mol. The molecular weight excluding hydrogens is 623 g/mol. The second-order valence-corrected chi connectivity index (χ2v) is 12.0. The number of benzene rings is 3. The molecule has 2 aromatic heterocycles. The lowest BCUT2D eigenvalue weighted by molar-refractivity contribution is -0.384. The summed E-state index contributed by atoms with van der Waals surface area (Å²) in [5.74, 6) is -0.939. The van der Waals surface area contributed by atoms with Crippen molar-refractivity contribution in [3.05, 3.63) is 124 Å². The quantitative estimate of drug-likeness (QED) is 0.0545. The smallest absolute Gasteiger partial charge is 0.269 e. The SMILES string of the molecule is Cc1cc(-c2ccccc2)nc(SCC(=O)NC(NC(=O)CSc2nc(C)cc(-c3ccccc3)n2)c2cccc([N+](=O)[O-])c2)n1. The first-order valence-electron chi connectivity index (χ1n) is 14.1. The second-order valence-electron chi connectivity index (χ2n) is 10.1. The summed E-state index contributed by atoms with van der Waals surface area (Å²) in [4.78, 5) is 55.3. The molecule has 2 amide bonds. The Morgan fingerprint density at radius 1 is 0.696 bits per heavy atom. The Balaban J connectivity index is 1.27. The Morgan fingerprint density at radius 2 is 1.17 bits per heavy atom. The predicted molar refractivity (Wildman–Crippen MR) is 178 cm³/mol. The standard InChI is InChI=1S/C33H29N7O4S2/c1-21-16-27(23-10-5-3-6-11-23)36-32(34-21)45-19-29(41)38-31(25-14-9-15-26(18-25)40(43)44)39-30(42)20-46-33-35-22(2)17-28(37-33)24-12-7-4-8-13-24/h3-18,31H,19-20H2,1-2H3,(H,38,41)(H,39,42). The third-order valence-electron chi connectivity index (χ3n) is 6.50. The second kappa shape index (κ2) is 15.2. The molecular formula is C33H29N7O4S2. The molecule has 11 nitrogen and oxygen atoms in total. The minimum Gasteiger partial charge on any atom is -0.331 e. The van der Waals surface area contributed by atoms with Gasteiger partial charge in [0.2, 0.25) is 11.8 Å². The Bertz CT molecular complexity index is 1750. The Morgan fingerprint density at radius 3 is 1.63 bits per heavy atom. The summed E-state index contributed by atoms with van der Waals surface area (Å²) < 4.78 is 0. The van der Waals surface area contributed by atoms with Crippen LogP contribution in [0.25, 0.3) is 22.5 Å². The van der Waals surface area contributed by atoms with Gasteiger partial charge in [0.05, 0.1) is 27.8 Å². The van der Waals surface area contributed by atoms with Crippen LogP contribution in [0.1, 0.15) is 23.1 Å². The molecule has 0 atom stereocenters. The molecule has 3 aromatic carbocycles. The van der Waals surface area contributed by atoms with E-state index in [1.807, 2.05) is 86.6 Å². The lowest BCUT2D eigenvalue weighted by Gasteiger charge is -2.20. The molecule has 0 aliphatic heterocycles. The summed E-state index contributed by atoms with van der Waals surface area (Å²) >= 11 is 2.30. The summed E-state index contributed by atoms with van der Waals surface area (Å²) in [6, 6.07) is 28.8. The molecule has 5 rings (SSSR count). The minimum absolute atomic E-state index is 0.0485. The van der Waals surface area contributed by atoms with Crippen LogP contribution < -0.4 is 10.6 Å². The lowest BCUT2D eigenvalue weighted by Crippen LogP contribution is -2.42. The van der Waals surface area contributed by atoms with E-state index >= 15 is 0 Å². The number of carbonyl (C=O) groups excluding carboxylic acids is 2. The zero-order chi connectivity index (χ0) is 32.5. The van der Waals surface area contributed by atoms with Gasteiger partial charge in [0.1, 0.15) is 6.17 Å². The van der Waals surface area contributed by atoms with Gasteiger partial charge in [-0.3, -0.25) is 19.7 Å². The number of thioether (sulfide) groups is 2. The van der Waals surface area contributed by atoms with E-state index in [0.29, 0.717) is 15.9 Å². The molecule has 0 aliphatic carbocycles. The molecule has 2 N–H and O–H groups in total. The van der Waals surface area contributed by atoms with Crippen LogP contribution in [0.15, 0.2) is 107 Å². The molecule has 0 fully saturated rings. The van der Waals surface area contributed by atoms with Gasteiger partial charge in [-0.15, -0.1) is 0 Å². The van der Waals surface area contributed by atoms with Crippen LogP contribution in [0.4, 0.5) is 5.69 Å². The molecule has 46 heavy (non-hydrogen) atoms. The number of hydrogen-bond donors (Lipinski definition) is 2. The Hall–Kier alpha value is -5.14. The van der Waals surface area contributed by atoms with Crippen LogP contribution in [-0.2, 0) is 9.59 Å². The number of nitro groups is 1. The van der Waals surface area contributed by atoms with Crippen molar-refractivity contribution in [2.24, 2.45) is 0 Å². The maximum Gasteiger partial charge on any atom is 0.269 e. The first-order chi connectivity index (χ1) is 22.2. The van der Waals surface area contributed by atoms with Crippen molar-refractivity contribution >= 4 is 41.0 Å². The van der Waals surface area contributed by atoms with E-state index in [9.17, 15) is 19.7 Å². The van der Waals surface area contributed by atoms with Crippen molar-refractivity contribution in [3.63, 3.8) is 0 Å². The van der Waals surface area contributed by atoms with E-state index in [1.54, 1.807) is 6.07 Å². The highest BCUT2D eigenvalue weighted by Crippen LogP contribution is 2.24. The lowest BCUT2D eigenvalue weighted by atomic mass is 10.1. The normalized spacial score (nSPS) is 10.8.